The van der Waals surface area contributed by atoms with Gasteiger partial charge < -0.3 is 9.63 Å². The van der Waals surface area contributed by atoms with Gasteiger partial charge in [-0.25, -0.2) is 0 Å². The first kappa shape index (κ1) is 14.6. The van der Waals surface area contributed by atoms with E-state index in [4.69, 9.17) is 9.63 Å². The average molecular weight is 292 g/mol. The summed E-state index contributed by atoms with van der Waals surface area (Å²) in [6.45, 7) is 3.89. The summed E-state index contributed by atoms with van der Waals surface area (Å²) in [4.78, 5) is 14.9. The number of aliphatic carboxylic acids is 1. The fraction of sp³-hybridized carbons (Fsp3) is 0.357. The van der Waals surface area contributed by atoms with Crippen molar-refractivity contribution in [1.82, 2.24) is 10.1 Å². The van der Waals surface area contributed by atoms with Gasteiger partial charge in [-0.3, -0.25) is 4.79 Å². The number of nitrogens with zero attached hydrogens (tertiary/aromatic N) is 2. The largest absolute Gasteiger partial charge is 0.481 e. The van der Waals surface area contributed by atoms with Gasteiger partial charge in [0.25, 0.3) is 0 Å². The van der Waals surface area contributed by atoms with Crippen LogP contribution in [0.5, 0.6) is 0 Å². The van der Waals surface area contributed by atoms with Crippen molar-refractivity contribution in [1.29, 1.82) is 0 Å². The molecule has 0 aliphatic rings. The number of carboxylic acids is 1. The van der Waals surface area contributed by atoms with Gasteiger partial charge in [0.15, 0.2) is 0 Å². The van der Waals surface area contributed by atoms with Crippen LogP contribution in [0.2, 0.25) is 0 Å². The fourth-order valence-corrected chi connectivity index (χ4v) is 2.46. The number of benzene rings is 1. The molecule has 1 N–H and O–H groups in total. The van der Waals surface area contributed by atoms with E-state index in [1.54, 1.807) is 0 Å². The van der Waals surface area contributed by atoms with Crippen LogP contribution < -0.4 is 0 Å². The van der Waals surface area contributed by atoms with Crippen molar-refractivity contribution < 1.29 is 14.4 Å². The summed E-state index contributed by atoms with van der Waals surface area (Å²) in [6, 6.07) is 7.89. The maximum absolute atomic E-state index is 10.6. The molecule has 0 aliphatic carbocycles. The van der Waals surface area contributed by atoms with E-state index in [1.165, 1.54) is 17.3 Å². The third kappa shape index (κ3) is 4.09. The molecular weight excluding hydrogens is 276 g/mol. The van der Waals surface area contributed by atoms with Gasteiger partial charge in [0.2, 0.25) is 11.7 Å². The van der Waals surface area contributed by atoms with Gasteiger partial charge in [-0.2, -0.15) is 4.98 Å². The number of hydrogen-bond acceptors (Lipinski definition) is 5. The molecule has 6 heteroatoms. The molecular formula is C14H16N2O3S. The van der Waals surface area contributed by atoms with Gasteiger partial charge in [0, 0.05) is 10.8 Å². The highest BCUT2D eigenvalue weighted by Crippen LogP contribution is 2.21. The summed E-state index contributed by atoms with van der Waals surface area (Å²) >= 11 is 1.49. The van der Waals surface area contributed by atoms with E-state index in [-0.39, 0.29) is 11.7 Å². The zero-order chi connectivity index (χ0) is 14.5. The topological polar surface area (TPSA) is 76.2 Å². The monoisotopic (exact) mass is 292 g/mol. The summed E-state index contributed by atoms with van der Waals surface area (Å²) in [5, 5.41) is 12.6. The first-order valence-electron chi connectivity index (χ1n) is 6.27. The smallest absolute Gasteiger partial charge is 0.304 e. The highest BCUT2D eigenvalue weighted by molar-refractivity contribution is 7.99. The second-order valence-corrected chi connectivity index (χ2v) is 6.02. The minimum absolute atomic E-state index is 0.0159. The molecule has 0 saturated carbocycles. The molecule has 1 aromatic carbocycles. The summed E-state index contributed by atoms with van der Waals surface area (Å²) in [5.74, 6) is 0.804. The molecule has 2 aromatic rings. The maximum atomic E-state index is 10.6. The Kier molecular flexibility index (Phi) is 4.79. The Bertz CT molecular complexity index is 580. The fourth-order valence-electron chi connectivity index (χ4n) is 1.65. The van der Waals surface area contributed by atoms with Crippen molar-refractivity contribution >= 4 is 17.7 Å². The molecule has 0 fully saturated rings. The molecule has 106 valence electrons. The third-order valence-corrected chi connectivity index (χ3v) is 3.88. The predicted molar refractivity (Wildman–Crippen MR) is 77.5 cm³/mol. The molecule has 1 aromatic heterocycles. The van der Waals surface area contributed by atoms with Gasteiger partial charge in [0.1, 0.15) is 0 Å². The Balaban J connectivity index is 1.95. The molecule has 0 bridgehead atoms. The predicted octanol–water partition coefficient (Wildman–Crippen LogP) is 3.14. The Labute approximate surface area is 121 Å². The molecule has 20 heavy (non-hydrogen) atoms. The van der Waals surface area contributed by atoms with E-state index in [9.17, 15) is 4.79 Å². The molecule has 2 rings (SSSR count). The number of aryl methyl sites for hydroxylation is 1. The van der Waals surface area contributed by atoms with Crippen LogP contribution in [0.15, 0.2) is 28.8 Å². The lowest BCUT2D eigenvalue weighted by Crippen LogP contribution is -2.05. The molecule has 0 saturated heterocycles. The second-order valence-electron chi connectivity index (χ2n) is 4.60. The van der Waals surface area contributed by atoms with Crippen LogP contribution in [0.3, 0.4) is 0 Å². The van der Waals surface area contributed by atoms with E-state index >= 15 is 0 Å². The van der Waals surface area contributed by atoms with Crippen molar-refractivity contribution in [2.75, 3.05) is 0 Å². The lowest BCUT2D eigenvalue weighted by Gasteiger charge is -2.04. The molecule has 0 aliphatic heterocycles. The van der Waals surface area contributed by atoms with Crippen LogP contribution >= 0.6 is 11.8 Å². The average Bonchev–Trinajstić information content (AvgIpc) is 2.85. The van der Waals surface area contributed by atoms with Gasteiger partial charge in [0.05, 0.1) is 12.2 Å². The molecule has 0 spiro atoms. The number of rotatable bonds is 6. The van der Waals surface area contributed by atoms with Crippen molar-refractivity contribution in [3.05, 3.63) is 35.7 Å². The van der Waals surface area contributed by atoms with Gasteiger partial charge in [-0.1, -0.05) is 41.9 Å². The van der Waals surface area contributed by atoms with Crippen LogP contribution in [0, 0.1) is 6.92 Å². The summed E-state index contributed by atoms with van der Waals surface area (Å²) in [7, 11) is 0. The van der Waals surface area contributed by atoms with E-state index in [0.717, 1.165) is 5.56 Å². The minimum atomic E-state index is -0.795. The minimum Gasteiger partial charge on any atom is -0.481 e. The van der Waals surface area contributed by atoms with Crippen molar-refractivity contribution in [2.45, 2.75) is 31.3 Å². The number of carbonyl (C=O) groups is 1. The zero-order valence-electron chi connectivity index (χ0n) is 11.4. The standard InChI is InChI=1S/C14H16N2O3S/c1-9-3-5-11(6-4-9)14-15-12(19-16-14)8-20-10(2)7-13(17)18/h3-6,10H,7-8H2,1-2H3,(H,17,18). The van der Waals surface area contributed by atoms with Crippen molar-refractivity contribution in [3.63, 3.8) is 0 Å². The van der Waals surface area contributed by atoms with E-state index in [0.29, 0.717) is 17.5 Å². The highest BCUT2D eigenvalue weighted by atomic mass is 32.2. The quantitative estimate of drug-likeness (QED) is 0.881. The van der Waals surface area contributed by atoms with Crippen molar-refractivity contribution in [2.24, 2.45) is 0 Å². The van der Waals surface area contributed by atoms with Crippen LogP contribution in [-0.4, -0.2) is 26.5 Å². The molecule has 1 heterocycles. The van der Waals surface area contributed by atoms with Crippen LogP contribution in [-0.2, 0) is 10.5 Å². The molecule has 5 nitrogen and oxygen atoms in total. The van der Waals surface area contributed by atoms with E-state index in [1.807, 2.05) is 38.1 Å². The lowest BCUT2D eigenvalue weighted by molar-refractivity contribution is -0.136. The van der Waals surface area contributed by atoms with Gasteiger partial charge in [-0.05, 0) is 6.92 Å². The van der Waals surface area contributed by atoms with Crippen LogP contribution in [0.25, 0.3) is 11.4 Å². The Morgan fingerprint density at radius 3 is 2.75 bits per heavy atom. The number of aromatic nitrogens is 2. The van der Waals surface area contributed by atoms with Crippen molar-refractivity contribution in [3.8, 4) is 11.4 Å². The van der Waals surface area contributed by atoms with E-state index in [2.05, 4.69) is 10.1 Å². The molecule has 0 radical (unpaired) electrons. The zero-order valence-corrected chi connectivity index (χ0v) is 12.2. The van der Waals surface area contributed by atoms with Crippen LogP contribution in [0.4, 0.5) is 0 Å². The Morgan fingerprint density at radius 2 is 2.10 bits per heavy atom. The summed E-state index contributed by atoms with van der Waals surface area (Å²) < 4.78 is 5.18. The summed E-state index contributed by atoms with van der Waals surface area (Å²) in [6.07, 6.45) is 0.129. The Morgan fingerprint density at radius 1 is 1.40 bits per heavy atom. The van der Waals surface area contributed by atoms with Crippen LogP contribution in [0.1, 0.15) is 24.8 Å². The number of carboxylic acid groups (broad SMARTS) is 1. The first-order valence-corrected chi connectivity index (χ1v) is 7.32. The highest BCUT2D eigenvalue weighted by Gasteiger charge is 2.12. The normalized spacial score (nSPS) is 12.3. The lowest BCUT2D eigenvalue weighted by atomic mass is 10.1. The number of hydrogen-bond donors (Lipinski definition) is 1. The summed E-state index contributed by atoms with van der Waals surface area (Å²) in [5.41, 5.74) is 2.09. The van der Waals surface area contributed by atoms with Gasteiger partial charge in [-0.15, -0.1) is 11.8 Å². The third-order valence-electron chi connectivity index (χ3n) is 2.73. The number of thioether (sulfide) groups is 1. The molecule has 1 unspecified atom stereocenters. The molecule has 1 atom stereocenters. The van der Waals surface area contributed by atoms with E-state index < -0.39 is 5.97 Å². The van der Waals surface area contributed by atoms with Gasteiger partial charge >= 0.3 is 5.97 Å². The Hall–Kier alpha value is -1.82. The maximum Gasteiger partial charge on any atom is 0.304 e. The molecule has 0 amide bonds. The SMILES string of the molecule is Cc1ccc(-c2noc(CSC(C)CC(=O)O)n2)cc1. The first-order chi connectivity index (χ1) is 9.54. The second kappa shape index (κ2) is 6.56.